The van der Waals surface area contributed by atoms with Crippen molar-refractivity contribution < 1.29 is 19.0 Å². The van der Waals surface area contributed by atoms with Crippen molar-refractivity contribution in [3.05, 3.63) is 77.3 Å². The summed E-state index contributed by atoms with van der Waals surface area (Å²) in [6, 6.07) is 19.4. The van der Waals surface area contributed by atoms with Crippen molar-refractivity contribution in [2.45, 2.75) is 19.3 Å². The minimum absolute atomic E-state index is 0.195. The molecular formula is C19H21N2O4-. The summed E-state index contributed by atoms with van der Waals surface area (Å²) in [6.07, 6.45) is -0.568. The Labute approximate surface area is 147 Å². The van der Waals surface area contributed by atoms with Gasteiger partial charge in [0.25, 0.3) is 0 Å². The van der Waals surface area contributed by atoms with Crippen molar-refractivity contribution in [2.24, 2.45) is 5.11 Å². The molecule has 0 spiro atoms. The number of benzene rings is 2. The molecule has 0 aliphatic heterocycles. The molecule has 0 unspecified atom stereocenters. The summed E-state index contributed by atoms with van der Waals surface area (Å²) in [5.74, 6) is -0.626. The fourth-order valence-electron chi connectivity index (χ4n) is 2.16. The molecule has 0 heterocycles. The lowest BCUT2D eigenvalue weighted by Gasteiger charge is -2.18. The fourth-order valence-corrected chi connectivity index (χ4v) is 2.16. The van der Waals surface area contributed by atoms with Crippen molar-refractivity contribution in [1.82, 2.24) is 0 Å². The summed E-state index contributed by atoms with van der Waals surface area (Å²) in [7, 11) is 0. The number of rotatable bonds is 11. The lowest BCUT2D eigenvalue weighted by molar-refractivity contribution is -0.155. The second-order valence-corrected chi connectivity index (χ2v) is 5.41. The van der Waals surface area contributed by atoms with Crippen LogP contribution in [0.15, 0.2) is 65.8 Å². The Kier molecular flexibility index (Phi) is 8.31. The van der Waals surface area contributed by atoms with E-state index in [1.807, 2.05) is 60.7 Å². The first-order chi connectivity index (χ1) is 12.3. The second kappa shape index (κ2) is 11.1. The van der Waals surface area contributed by atoms with E-state index in [9.17, 15) is 4.79 Å². The maximum absolute atomic E-state index is 11.5. The van der Waals surface area contributed by atoms with E-state index in [0.717, 1.165) is 11.1 Å². The van der Waals surface area contributed by atoms with Crippen LogP contribution in [0.3, 0.4) is 0 Å². The predicted octanol–water partition coefficient (Wildman–Crippen LogP) is 3.35. The summed E-state index contributed by atoms with van der Waals surface area (Å²) in [5.41, 5.74) is 10.5. The minimum atomic E-state index is -0.626. The first kappa shape index (κ1) is 18.8. The lowest BCUT2D eigenvalue weighted by Crippen LogP contribution is -2.29. The van der Waals surface area contributed by atoms with Gasteiger partial charge in [0.15, 0.2) is 0 Å². The van der Waals surface area contributed by atoms with Gasteiger partial charge in [0.1, 0.15) is 12.6 Å². The normalized spacial score (nSPS) is 10.6. The van der Waals surface area contributed by atoms with Gasteiger partial charge in [0, 0.05) is 0 Å². The highest BCUT2D eigenvalue weighted by Crippen LogP contribution is 2.06. The molecule has 0 fully saturated rings. The second-order valence-electron chi connectivity index (χ2n) is 5.41. The average molecular weight is 341 g/mol. The molecule has 0 atom stereocenters. The molecule has 0 bridgehead atoms. The first-order valence-corrected chi connectivity index (χ1v) is 8.01. The van der Waals surface area contributed by atoms with Gasteiger partial charge in [0.05, 0.1) is 26.4 Å². The summed E-state index contributed by atoms with van der Waals surface area (Å²) >= 11 is 0. The molecule has 2 aromatic carbocycles. The van der Waals surface area contributed by atoms with Gasteiger partial charge in [-0.1, -0.05) is 60.7 Å². The largest absolute Gasteiger partial charge is 0.711 e. The van der Waals surface area contributed by atoms with Crippen LogP contribution in [-0.4, -0.2) is 31.8 Å². The van der Waals surface area contributed by atoms with Crippen LogP contribution in [0.5, 0.6) is 0 Å². The number of carbonyl (C=O) groups excluding carboxylic acids is 1. The van der Waals surface area contributed by atoms with E-state index in [0.29, 0.717) is 13.2 Å². The van der Waals surface area contributed by atoms with E-state index in [4.69, 9.17) is 19.7 Å². The smallest absolute Gasteiger partial charge is 0.326 e. The number of nitrogens with zero attached hydrogens (tertiary/aromatic N) is 2. The van der Waals surface area contributed by atoms with Crippen LogP contribution in [0.25, 0.3) is 5.53 Å². The number of esters is 1. The van der Waals surface area contributed by atoms with Crippen molar-refractivity contribution in [3.8, 4) is 0 Å². The Balaban J connectivity index is 1.79. The van der Waals surface area contributed by atoms with Crippen molar-refractivity contribution in [3.63, 3.8) is 0 Å². The molecule has 0 aliphatic rings. The van der Waals surface area contributed by atoms with E-state index in [1.54, 1.807) is 0 Å². The number of carbonyl (C=O) groups is 1. The van der Waals surface area contributed by atoms with Gasteiger partial charge in [-0.05, 0) is 11.1 Å². The van der Waals surface area contributed by atoms with Crippen LogP contribution in [-0.2, 0) is 32.2 Å². The number of hydrogen-bond donors (Lipinski definition) is 0. The predicted molar refractivity (Wildman–Crippen MR) is 92.7 cm³/mol. The fraction of sp³-hybridized carbons (Fsp3) is 0.316. The van der Waals surface area contributed by atoms with Gasteiger partial charge < -0.3 is 24.9 Å². The van der Waals surface area contributed by atoms with E-state index in [1.165, 1.54) is 0 Å². The third kappa shape index (κ3) is 7.69. The molecule has 0 saturated heterocycles. The molecule has 25 heavy (non-hydrogen) atoms. The molecule has 0 N–H and O–H groups in total. The van der Waals surface area contributed by atoms with Gasteiger partial charge in [0.2, 0.25) is 0 Å². The monoisotopic (exact) mass is 341 g/mol. The van der Waals surface area contributed by atoms with Crippen LogP contribution in [0, 0.1) is 0 Å². The zero-order valence-corrected chi connectivity index (χ0v) is 13.9. The van der Waals surface area contributed by atoms with Crippen molar-refractivity contribution in [2.75, 3.05) is 19.8 Å². The zero-order valence-electron chi connectivity index (χ0n) is 13.9. The standard InChI is InChI=1S/C19H21N2O4/c20-21-11-19(22)25-18(14-23-12-16-7-3-1-4-8-16)15-24-13-17-9-5-2-6-10-17/h1-10,18H,11-15H2/q-1. The summed E-state index contributed by atoms with van der Waals surface area (Å²) < 4.78 is 16.5. The maximum atomic E-state index is 11.5. The highest BCUT2D eigenvalue weighted by molar-refractivity contribution is 5.71. The number of ether oxygens (including phenoxy) is 3. The molecule has 2 aromatic rings. The Bertz CT molecular complexity index is 589. The van der Waals surface area contributed by atoms with Gasteiger partial charge in [-0.25, -0.2) is 0 Å². The molecular weight excluding hydrogens is 320 g/mol. The molecule has 0 radical (unpaired) electrons. The van der Waals surface area contributed by atoms with E-state index in [-0.39, 0.29) is 13.2 Å². The lowest BCUT2D eigenvalue weighted by atomic mass is 10.2. The van der Waals surface area contributed by atoms with Crippen molar-refractivity contribution in [1.29, 1.82) is 0 Å². The van der Waals surface area contributed by atoms with Crippen LogP contribution < -0.4 is 0 Å². The Morgan fingerprint density at radius 3 is 1.80 bits per heavy atom. The highest BCUT2D eigenvalue weighted by Gasteiger charge is 2.15. The Hall–Kier alpha value is -2.57. The van der Waals surface area contributed by atoms with E-state index in [2.05, 4.69) is 5.11 Å². The van der Waals surface area contributed by atoms with E-state index < -0.39 is 18.6 Å². The van der Waals surface area contributed by atoms with Crippen LogP contribution >= 0.6 is 0 Å². The maximum Gasteiger partial charge on any atom is 0.326 e. The summed E-state index contributed by atoms with van der Waals surface area (Å²) in [5, 5.41) is 2.79. The SMILES string of the molecule is [N-]=NCC(=O)OC(COCc1ccccc1)COCc1ccccc1. The van der Waals surface area contributed by atoms with Gasteiger partial charge >= 0.3 is 5.97 Å². The molecule has 6 heteroatoms. The topological polar surface area (TPSA) is 79.4 Å². The number of hydrogen-bond acceptors (Lipinski definition) is 5. The molecule has 2 rings (SSSR count). The molecule has 0 aromatic heterocycles. The van der Waals surface area contributed by atoms with Crippen molar-refractivity contribution >= 4 is 5.97 Å². The van der Waals surface area contributed by atoms with Crippen LogP contribution in [0.1, 0.15) is 11.1 Å². The highest BCUT2D eigenvalue weighted by atomic mass is 16.6. The molecule has 0 saturated carbocycles. The quantitative estimate of drug-likeness (QED) is 0.464. The minimum Gasteiger partial charge on any atom is -0.711 e. The Morgan fingerprint density at radius 2 is 1.36 bits per heavy atom. The van der Waals surface area contributed by atoms with E-state index >= 15 is 0 Å². The molecule has 0 aliphatic carbocycles. The van der Waals surface area contributed by atoms with Gasteiger partial charge in [-0.2, -0.15) is 0 Å². The average Bonchev–Trinajstić information content (AvgIpc) is 2.63. The first-order valence-electron chi connectivity index (χ1n) is 8.01. The Morgan fingerprint density at radius 1 is 0.880 bits per heavy atom. The van der Waals surface area contributed by atoms with Crippen LogP contribution in [0.4, 0.5) is 0 Å². The third-order valence-corrected chi connectivity index (χ3v) is 3.33. The summed E-state index contributed by atoms with van der Waals surface area (Å²) in [4.78, 5) is 11.5. The van der Waals surface area contributed by atoms with Crippen LogP contribution in [0.2, 0.25) is 0 Å². The molecule has 0 amide bonds. The zero-order chi connectivity index (χ0) is 17.7. The molecule has 132 valence electrons. The summed E-state index contributed by atoms with van der Waals surface area (Å²) in [6.45, 7) is 0.811. The van der Waals surface area contributed by atoms with Gasteiger partial charge in [-0.15, -0.1) is 0 Å². The third-order valence-electron chi connectivity index (χ3n) is 3.33. The van der Waals surface area contributed by atoms with Gasteiger partial charge in [-0.3, -0.25) is 4.79 Å². The molecule has 6 nitrogen and oxygen atoms in total.